The maximum Gasteiger partial charge on any atom is 0.277 e. The van der Waals surface area contributed by atoms with Crippen molar-refractivity contribution >= 4 is 22.4 Å². The van der Waals surface area contributed by atoms with Crippen molar-refractivity contribution in [1.82, 2.24) is 15.2 Å². The van der Waals surface area contributed by atoms with Gasteiger partial charge in [-0.25, -0.2) is 10.1 Å². The van der Waals surface area contributed by atoms with Gasteiger partial charge in [0.25, 0.3) is 11.5 Å². The second-order valence-electron chi connectivity index (χ2n) is 6.63. The normalized spacial score (nSPS) is 11.3. The topological polar surface area (TPSA) is 87.7 Å². The monoisotopic (exact) mass is 354 g/mol. The summed E-state index contributed by atoms with van der Waals surface area (Å²) in [6.45, 7) is 6.51. The van der Waals surface area contributed by atoms with E-state index in [4.69, 9.17) is 0 Å². The van der Waals surface area contributed by atoms with E-state index >= 15 is 0 Å². The van der Waals surface area contributed by atoms with E-state index in [0.717, 1.165) is 11.3 Å². The third kappa shape index (κ3) is 4.00. The van der Waals surface area contributed by atoms with E-state index in [0.29, 0.717) is 5.13 Å². The van der Waals surface area contributed by atoms with Crippen LogP contribution in [0.2, 0.25) is 0 Å². The van der Waals surface area contributed by atoms with E-state index in [9.17, 15) is 9.59 Å². The molecule has 0 saturated carbocycles. The third-order valence-electron chi connectivity index (χ3n) is 3.68. The molecule has 2 heterocycles. The van der Waals surface area contributed by atoms with Crippen LogP contribution in [0.4, 0.5) is 5.13 Å². The van der Waals surface area contributed by atoms with Crippen LogP contribution in [-0.4, -0.2) is 21.1 Å². The molecule has 0 fully saturated rings. The number of rotatable bonds is 3. The van der Waals surface area contributed by atoms with Crippen molar-refractivity contribution in [3.05, 3.63) is 63.4 Å². The summed E-state index contributed by atoms with van der Waals surface area (Å²) in [7, 11) is 0. The molecule has 0 aliphatic carbocycles. The third-order valence-corrected chi connectivity index (χ3v) is 4.44. The highest BCUT2D eigenvalue weighted by Crippen LogP contribution is 2.28. The zero-order chi connectivity index (χ0) is 18.0. The molecule has 0 bridgehead atoms. The molecule has 0 radical (unpaired) electrons. The van der Waals surface area contributed by atoms with Gasteiger partial charge in [0, 0.05) is 17.0 Å². The summed E-state index contributed by atoms with van der Waals surface area (Å²) in [5, 5.41) is 11.0. The zero-order valence-electron chi connectivity index (χ0n) is 14.2. The second-order valence-corrected chi connectivity index (χ2v) is 7.48. The van der Waals surface area contributed by atoms with Crippen LogP contribution in [0.1, 0.15) is 36.8 Å². The molecule has 0 atom stereocenters. The number of amides is 1. The molecule has 0 aliphatic rings. The molecular weight excluding hydrogens is 336 g/mol. The predicted octanol–water partition coefficient (Wildman–Crippen LogP) is 3.44. The van der Waals surface area contributed by atoms with E-state index in [2.05, 4.69) is 53.4 Å². The summed E-state index contributed by atoms with van der Waals surface area (Å²) < 4.78 is 0. The second kappa shape index (κ2) is 6.60. The van der Waals surface area contributed by atoms with Gasteiger partial charge in [-0.2, -0.15) is 5.10 Å². The van der Waals surface area contributed by atoms with Gasteiger partial charge < -0.3 is 0 Å². The summed E-state index contributed by atoms with van der Waals surface area (Å²) in [6, 6.07) is 10.9. The Balaban J connectivity index is 1.75. The van der Waals surface area contributed by atoms with Crippen LogP contribution < -0.4 is 10.9 Å². The Labute approximate surface area is 149 Å². The van der Waals surface area contributed by atoms with Crippen molar-refractivity contribution in [3.63, 3.8) is 0 Å². The number of hydrogen-bond donors (Lipinski definition) is 2. The van der Waals surface area contributed by atoms with Crippen LogP contribution in [0, 0.1) is 0 Å². The molecule has 3 aromatic rings. The van der Waals surface area contributed by atoms with E-state index in [-0.39, 0.29) is 16.7 Å². The number of hydrogen-bond acceptors (Lipinski definition) is 5. The highest BCUT2D eigenvalue weighted by atomic mass is 32.1. The first kappa shape index (κ1) is 17.0. The average molecular weight is 354 g/mol. The van der Waals surface area contributed by atoms with Crippen molar-refractivity contribution < 1.29 is 4.79 Å². The number of nitrogens with zero attached hydrogens (tertiary/aromatic N) is 2. The first-order valence-electron chi connectivity index (χ1n) is 7.76. The molecule has 6 nitrogen and oxygen atoms in total. The summed E-state index contributed by atoms with van der Waals surface area (Å²) >= 11 is 1.34. The Morgan fingerprint density at radius 2 is 1.84 bits per heavy atom. The highest BCUT2D eigenvalue weighted by Gasteiger charge is 2.14. The lowest BCUT2D eigenvalue weighted by atomic mass is 9.86. The first-order valence-corrected chi connectivity index (χ1v) is 8.64. The van der Waals surface area contributed by atoms with Crippen molar-refractivity contribution in [2.45, 2.75) is 26.2 Å². The number of thiazole rings is 1. The van der Waals surface area contributed by atoms with Gasteiger partial charge in [-0.3, -0.25) is 14.9 Å². The summed E-state index contributed by atoms with van der Waals surface area (Å²) in [6.07, 6.45) is 0. The van der Waals surface area contributed by atoms with Crippen molar-refractivity contribution in [1.29, 1.82) is 0 Å². The fraction of sp³-hybridized carbons (Fsp3) is 0.222. The van der Waals surface area contributed by atoms with E-state index < -0.39 is 5.91 Å². The van der Waals surface area contributed by atoms with Gasteiger partial charge in [-0.05, 0) is 17.0 Å². The Morgan fingerprint density at radius 1 is 1.12 bits per heavy atom. The van der Waals surface area contributed by atoms with Crippen LogP contribution >= 0.6 is 11.3 Å². The SMILES string of the molecule is CC(C)(C)c1ccc(-c2csc(NC(=O)c3ccc(=O)[nH]n3)n2)cc1. The highest BCUT2D eigenvalue weighted by molar-refractivity contribution is 7.14. The van der Waals surface area contributed by atoms with Crippen molar-refractivity contribution in [2.24, 2.45) is 0 Å². The minimum Gasteiger partial charge on any atom is -0.296 e. The summed E-state index contributed by atoms with van der Waals surface area (Å²) in [5.74, 6) is -0.416. The van der Waals surface area contributed by atoms with Crippen LogP contribution in [0.5, 0.6) is 0 Å². The number of carbonyl (C=O) groups is 1. The van der Waals surface area contributed by atoms with Gasteiger partial charge in [0.2, 0.25) is 0 Å². The molecule has 0 spiro atoms. The fourth-order valence-corrected chi connectivity index (χ4v) is 2.95. The standard InChI is InChI=1S/C18H18N4O2S/c1-18(2,3)12-6-4-11(5-7-12)14-10-25-17(19-14)20-16(24)13-8-9-15(23)22-21-13/h4-10H,1-3H3,(H,22,23)(H,19,20,24). The lowest BCUT2D eigenvalue weighted by Gasteiger charge is -2.18. The number of aromatic amines is 1. The summed E-state index contributed by atoms with van der Waals surface area (Å²) in [5.41, 5.74) is 2.92. The number of carbonyl (C=O) groups excluding carboxylic acids is 1. The molecule has 3 rings (SSSR count). The number of benzene rings is 1. The molecule has 0 aliphatic heterocycles. The lowest BCUT2D eigenvalue weighted by Crippen LogP contribution is -2.17. The minimum absolute atomic E-state index is 0.101. The van der Waals surface area contributed by atoms with Gasteiger partial charge in [0.1, 0.15) is 5.69 Å². The average Bonchev–Trinajstić information content (AvgIpc) is 3.03. The number of anilines is 1. The van der Waals surface area contributed by atoms with Crippen molar-refractivity contribution in [3.8, 4) is 11.3 Å². The number of nitrogens with one attached hydrogen (secondary N) is 2. The molecule has 128 valence electrons. The minimum atomic E-state index is -0.416. The smallest absolute Gasteiger partial charge is 0.277 e. The molecule has 1 amide bonds. The lowest BCUT2D eigenvalue weighted by molar-refractivity contribution is 0.102. The molecule has 2 N–H and O–H groups in total. The van der Waals surface area contributed by atoms with Gasteiger partial charge in [0.05, 0.1) is 5.69 Å². The number of aromatic nitrogens is 3. The first-order chi connectivity index (χ1) is 11.8. The van der Waals surface area contributed by atoms with Crippen LogP contribution in [0.15, 0.2) is 46.6 Å². The Kier molecular flexibility index (Phi) is 4.50. The molecule has 1 aromatic carbocycles. The quantitative estimate of drug-likeness (QED) is 0.754. The van der Waals surface area contributed by atoms with Crippen LogP contribution in [-0.2, 0) is 5.41 Å². The Hall–Kier alpha value is -2.80. The molecule has 25 heavy (non-hydrogen) atoms. The molecule has 2 aromatic heterocycles. The van der Waals surface area contributed by atoms with E-state index in [1.807, 2.05) is 17.5 Å². The van der Waals surface area contributed by atoms with Crippen LogP contribution in [0.25, 0.3) is 11.3 Å². The molecule has 0 saturated heterocycles. The van der Waals surface area contributed by atoms with Gasteiger partial charge >= 0.3 is 0 Å². The van der Waals surface area contributed by atoms with E-state index in [1.54, 1.807) is 0 Å². The maximum atomic E-state index is 12.1. The molecular formula is C18H18N4O2S. The Bertz CT molecular complexity index is 932. The predicted molar refractivity (Wildman–Crippen MR) is 99.1 cm³/mol. The number of H-pyrrole nitrogens is 1. The zero-order valence-corrected chi connectivity index (χ0v) is 15.0. The van der Waals surface area contributed by atoms with Gasteiger partial charge in [-0.15, -0.1) is 11.3 Å². The van der Waals surface area contributed by atoms with Crippen LogP contribution in [0.3, 0.4) is 0 Å². The largest absolute Gasteiger partial charge is 0.296 e. The molecule has 7 heteroatoms. The van der Waals surface area contributed by atoms with Crippen molar-refractivity contribution in [2.75, 3.05) is 5.32 Å². The van der Waals surface area contributed by atoms with Gasteiger partial charge in [-0.1, -0.05) is 45.0 Å². The van der Waals surface area contributed by atoms with Gasteiger partial charge in [0.15, 0.2) is 5.13 Å². The molecule has 0 unspecified atom stereocenters. The maximum absolute atomic E-state index is 12.1. The Morgan fingerprint density at radius 3 is 2.44 bits per heavy atom. The summed E-state index contributed by atoms with van der Waals surface area (Å²) in [4.78, 5) is 27.5. The van der Waals surface area contributed by atoms with E-state index in [1.165, 1.54) is 29.0 Å². The fourth-order valence-electron chi connectivity index (χ4n) is 2.24.